The molecule has 7 nitrogen and oxygen atoms in total. The molecule has 4 atom stereocenters. The molecule has 1 spiro atoms. The highest BCUT2D eigenvalue weighted by atomic mass is 35.5. The SMILES string of the molecule is Cc1nc(N2C[C@@H]3[C@H](CNC(=O)c4cnccn4)[C@H]4CC[C@]3(C2)O4)ccc1Cl. The van der Waals surface area contributed by atoms with E-state index in [2.05, 4.69) is 25.2 Å². The molecule has 0 saturated carbocycles. The molecular weight excluding hydrogens is 378 g/mol. The van der Waals surface area contributed by atoms with Crippen LogP contribution in [0.15, 0.2) is 30.7 Å². The van der Waals surface area contributed by atoms with E-state index in [0.29, 0.717) is 29.1 Å². The van der Waals surface area contributed by atoms with Crippen LogP contribution in [-0.4, -0.2) is 52.2 Å². The van der Waals surface area contributed by atoms with E-state index >= 15 is 0 Å². The average molecular weight is 400 g/mol. The monoisotopic (exact) mass is 399 g/mol. The summed E-state index contributed by atoms with van der Waals surface area (Å²) >= 11 is 6.13. The van der Waals surface area contributed by atoms with Crippen LogP contribution in [0, 0.1) is 18.8 Å². The lowest BCUT2D eigenvalue weighted by Gasteiger charge is -2.29. The molecule has 146 valence electrons. The van der Waals surface area contributed by atoms with E-state index < -0.39 is 0 Å². The van der Waals surface area contributed by atoms with Crippen molar-refractivity contribution in [3.8, 4) is 0 Å². The standard InChI is InChI=1S/C20H22ClN5O2/c1-12-15(21)2-3-18(25-12)26-10-14-13(17-4-5-20(14,11-26)28-17)8-24-19(27)16-9-22-6-7-23-16/h2-3,6-7,9,13-14,17H,4-5,8,10-11H2,1H3,(H,24,27)/t13-,14+,17+,20+/m0/s1. The van der Waals surface area contributed by atoms with Crippen molar-refractivity contribution >= 4 is 23.3 Å². The van der Waals surface area contributed by atoms with Gasteiger partial charge in [-0.3, -0.25) is 9.78 Å². The Morgan fingerprint density at radius 3 is 3.11 bits per heavy atom. The maximum atomic E-state index is 12.4. The zero-order chi connectivity index (χ0) is 19.3. The van der Waals surface area contributed by atoms with Crippen molar-refractivity contribution in [2.45, 2.75) is 31.5 Å². The first-order chi connectivity index (χ1) is 13.6. The summed E-state index contributed by atoms with van der Waals surface area (Å²) in [5.41, 5.74) is 1.06. The van der Waals surface area contributed by atoms with Gasteiger partial charge in [-0.1, -0.05) is 11.6 Å². The Balaban J connectivity index is 1.30. The molecule has 5 heterocycles. The predicted octanol–water partition coefficient (Wildman–Crippen LogP) is 2.25. The summed E-state index contributed by atoms with van der Waals surface area (Å²) in [7, 11) is 0. The van der Waals surface area contributed by atoms with Crippen LogP contribution >= 0.6 is 11.6 Å². The number of halogens is 1. The zero-order valence-corrected chi connectivity index (χ0v) is 16.4. The minimum Gasteiger partial charge on any atom is -0.369 e. The van der Waals surface area contributed by atoms with Crippen LogP contribution in [0.25, 0.3) is 0 Å². The second-order valence-electron chi connectivity index (χ2n) is 7.95. The van der Waals surface area contributed by atoms with Gasteiger partial charge >= 0.3 is 0 Å². The van der Waals surface area contributed by atoms with E-state index in [4.69, 9.17) is 16.3 Å². The van der Waals surface area contributed by atoms with Crippen LogP contribution in [0.3, 0.4) is 0 Å². The van der Waals surface area contributed by atoms with Crippen molar-refractivity contribution < 1.29 is 9.53 Å². The van der Waals surface area contributed by atoms with E-state index in [1.165, 1.54) is 12.4 Å². The van der Waals surface area contributed by atoms with Crippen LogP contribution < -0.4 is 10.2 Å². The van der Waals surface area contributed by atoms with Gasteiger partial charge < -0.3 is 15.0 Å². The van der Waals surface area contributed by atoms with E-state index in [9.17, 15) is 4.79 Å². The summed E-state index contributed by atoms with van der Waals surface area (Å²) in [6.45, 7) is 4.24. The summed E-state index contributed by atoms with van der Waals surface area (Å²) in [5.74, 6) is 1.44. The number of aryl methyl sites for hydroxylation is 1. The lowest BCUT2D eigenvalue weighted by molar-refractivity contribution is 0.0141. The molecule has 3 aliphatic rings. The van der Waals surface area contributed by atoms with Gasteiger partial charge in [0.2, 0.25) is 0 Å². The van der Waals surface area contributed by atoms with Gasteiger partial charge in [-0.2, -0.15) is 0 Å². The lowest BCUT2D eigenvalue weighted by Crippen LogP contribution is -2.42. The molecule has 3 aliphatic heterocycles. The number of carbonyl (C=O) groups excluding carboxylic acids is 1. The summed E-state index contributed by atoms with van der Waals surface area (Å²) in [6, 6.07) is 3.88. The second-order valence-corrected chi connectivity index (χ2v) is 8.36. The number of carbonyl (C=O) groups is 1. The molecule has 2 aromatic heterocycles. The topological polar surface area (TPSA) is 80.2 Å². The van der Waals surface area contributed by atoms with Gasteiger partial charge in [-0.15, -0.1) is 0 Å². The first-order valence-electron chi connectivity index (χ1n) is 9.66. The Morgan fingerprint density at radius 1 is 1.43 bits per heavy atom. The molecule has 3 saturated heterocycles. The van der Waals surface area contributed by atoms with E-state index in [-0.39, 0.29) is 17.6 Å². The molecule has 0 radical (unpaired) electrons. The third kappa shape index (κ3) is 2.84. The van der Waals surface area contributed by atoms with Gasteiger partial charge in [0.05, 0.1) is 28.6 Å². The molecule has 8 heteroatoms. The first kappa shape index (κ1) is 17.8. The first-order valence-corrected chi connectivity index (χ1v) is 10.0. The smallest absolute Gasteiger partial charge is 0.271 e. The zero-order valence-electron chi connectivity index (χ0n) is 15.6. The van der Waals surface area contributed by atoms with Crippen LogP contribution in [0.2, 0.25) is 5.02 Å². The van der Waals surface area contributed by atoms with Gasteiger partial charge in [-0.25, -0.2) is 9.97 Å². The minimum absolute atomic E-state index is 0.123. The number of ether oxygens (including phenoxy) is 1. The molecular formula is C20H22ClN5O2. The summed E-state index contributed by atoms with van der Waals surface area (Å²) in [6.07, 6.45) is 6.90. The molecule has 0 aliphatic carbocycles. The molecule has 2 bridgehead atoms. The normalized spacial score (nSPS) is 30.5. The molecule has 1 N–H and O–H groups in total. The van der Waals surface area contributed by atoms with Crippen molar-refractivity contribution in [1.82, 2.24) is 20.3 Å². The van der Waals surface area contributed by atoms with Crippen LogP contribution in [-0.2, 0) is 4.74 Å². The molecule has 2 aromatic rings. The summed E-state index contributed by atoms with van der Waals surface area (Å²) in [4.78, 5) is 27.4. The van der Waals surface area contributed by atoms with Crippen molar-refractivity contribution in [3.05, 3.63) is 47.1 Å². The van der Waals surface area contributed by atoms with Crippen molar-refractivity contribution in [2.75, 3.05) is 24.5 Å². The Labute approximate surface area is 168 Å². The highest BCUT2D eigenvalue weighted by molar-refractivity contribution is 6.31. The van der Waals surface area contributed by atoms with Crippen molar-refractivity contribution in [1.29, 1.82) is 0 Å². The Bertz CT molecular complexity index is 911. The van der Waals surface area contributed by atoms with E-state index in [1.54, 1.807) is 6.20 Å². The van der Waals surface area contributed by atoms with Crippen molar-refractivity contribution in [3.63, 3.8) is 0 Å². The van der Waals surface area contributed by atoms with Crippen molar-refractivity contribution in [2.24, 2.45) is 11.8 Å². The number of rotatable bonds is 4. The van der Waals surface area contributed by atoms with Crippen LogP contribution in [0.5, 0.6) is 0 Å². The number of anilines is 1. The third-order valence-electron chi connectivity index (χ3n) is 6.41. The number of fused-ring (bicyclic) bond motifs is 1. The highest BCUT2D eigenvalue weighted by Gasteiger charge is 2.63. The predicted molar refractivity (Wildman–Crippen MR) is 104 cm³/mol. The van der Waals surface area contributed by atoms with Gasteiger partial charge in [0.25, 0.3) is 5.91 Å². The largest absolute Gasteiger partial charge is 0.369 e. The van der Waals surface area contributed by atoms with E-state index in [1.807, 2.05) is 19.1 Å². The summed E-state index contributed by atoms with van der Waals surface area (Å²) < 4.78 is 6.47. The van der Waals surface area contributed by atoms with Crippen LogP contribution in [0.1, 0.15) is 29.0 Å². The van der Waals surface area contributed by atoms with Gasteiger partial charge in [0, 0.05) is 43.9 Å². The Morgan fingerprint density at radius 2 is 2.32 bits per heavy atom. The number of pyridine rings is 1. The molecule has 0 aromatic carbocycles. The fraction of sp³-hybridized carbons (Fsp3) is 0.500. The lowest BCUT2D eigenvalue weighted by atomic mass is 9.73. The van der Waals surface area contributed by atoms with Gasteiger partial charge in [0.15, 0.2) is 0 Å². The number of nitrogens with zero attached hydrogens (tertiary/aromatic N) is 4. The number of hydrogen-bond acceptors (Lipinski definition) is 6. The Hall–Kier alpha value is -2.25. The van der Waals surface area contributed by atoms with Gasteiger partial charge in [-0.05, 0) is 31.9 Å². The number of amides is 1. The van der Waals surface area contributed by atoms with Gasteiger partial charge in [0.1, 0.15) is 11.5 Å². The number of nitrogens with one attached hydrogen (secondary N) is 1. The molecule has 3 fully saturated rings. The quantitative estimate of drug-likeness (QED) is 0.849. The number of aromatic nitrogens is 3. The second kappa shape index (κ2) is 6.67. The highest BCUT2D eigenvalue weighted by Crippen LogP contribution is 2.55. The minimum atomic E-state index is -0.185. The fourth-order valence-electron chi connectivity index (χ4n) is 5.06. The Kier molecular flexibility index (Phi) is 4.25. The molecule has 1 amide bonds. The summed E-state index contributed by atoms with van der Waals surface area (Å²) in [5, 5.41) is 3.72. The van der Waals surface area contributed by atoms with E-state index in [0.717, 1.165) is 37.4 Å². The third-order valence-corrected chi connectivity index (χ3v) is 6.81. The maximum absolute atomic E-state index is 12.4. The average Bonchev–Trinajstić information content (AvgIpc) is 3.37. The number of hydrogen-bond donors (Lipinski definition) is 1. The fourth-order valence-corrected chi connectivity index (χ4v) is 5.17. The molecule has 0 unspecified atom stereocenters. The maximum Gasteiger partial charge on any atom is 0.271 e. The molecule has 5 rings (SSSR count). The molecule has 28 heavy (non-hydrogen) atoms. The van der Waals surface area contributed by atoms with Crippen LogP contribution in [0.4, 0.5) is 5.82 Å².